The second-order valence-electron chi connectivity index (χ2n) is 5.34. The summed E-state index contributed by atoms with van der Waals surface area (Å²) in [6.45, 7) is 2.06. The summed E-state index contributed by atoms with van der Waals surface area (Å²) in [6, 6.07) is 13.8. The van der Waals surface area contributed by atoms with E-state index in [4.69, 9.17) is 28.6 Å². The lowest BCUT2D eigenvalue weighted by Gasteiger charge is -2.14. The van der Waals surface area contributed by atoms with Gasteiger partial charge >= 0.3 is 5.97 Å². The first-order chi connectivity index (χ1) is 12.5. The number of thiocarbonyl (C=S) groups is 1. The maximum Gasteiger partial charge on any atom is 0.338 e. The molecule has 0 bridgehead atoms. The summed E-state index contributed by atoms with van der Waals surface area (Å²) in [5.41, 5.74) is 1.91. The van der Waals surface area contributed by atoms with E-state index >= 15 is 0 Å². The smallest absolute Gasteiger partial charge is 0.338 e. The van der Waals surface area contributed by atoms with Crippen molar-refractivity contribution in [3.63, 3.8) is 0 Å². The lowest BCUT2D eigenvalue weighted by atomic mass is 10.2. The topological polar surface area (TPSA) is 46.6 Å². The normalized spacial score (nSPS) is 15.6. The molecular formula is C19H14ClNO3S2. The van der Waals surface area contributed by atoms with E-state index in [1.807, 2.05) is 12.1 Å². The average molecular weight is 404 g/mol. The Labute approximate surface area is 165 Å². The second kappa shape index (κ2) is 8.03. The maximum absolute atomic E-state index is 12.7. The van der Waals surface area contributed by atoms with Crippen LogP contribution in [0.1, 0.15) is 22.8 Å². The number of halogens is 1. The zero-order valence-corrected chi connectivity index (χ0v) is 16.2. The van der Waals surface area contributed by atoms with Crippen LogP contribution in [0.3, 0.4) is 0 Å². The fourth-order valence-corrected chi connectivity index (χ4v) is 3.79. The quantitative estimate of drug-likeness (QED) is 0.412. The summed E-state index contributed by atoms with van der Waals surface area (Å²) in [5.74, 6) is -0.592. The number of hydrogen-bond donors (Lipinski definition) is 0. The molecule has 0 aliphatic carbocycles. The van der Waals surface area contributed by atoms with Crippen LogP contribution in [0.15, 0.2) is 53.4 Å². The van der Waals surface area contributed by atoms with Crippen LogP contribution < -0.4 is 4.90 Å². The van der Waals surface area contributed by atoms with Crippen molar-refractivity contribution in [2.75, 3.05) is 11.5 Å². The third kappa shape index (κ3) is 3.98. The second-order valence-corrected chi connectivity index (χ2v) is 7.45. The van der Waals surface area contributed by atoms with Gasteiger partial charge in [-0.1, -0.05) is 47.7 Å². The molecule has 1 aliphatic heterocycles. The molecule has 1 aliphatic rings. The summed E-state index contributed by atoms with van der Waals surface area (Å²) < 4.78 is 5.40. The Kier molecular flexibility index (Phi) is 5.76. The lowest BCUT2D eigenvalue weighted by Crippen LogP contribution is -2.27. The zero-order chi connectivity index (χ0) is 18.7. The van der Waals surface area contributed by atoms with Crippen molar-refractivity contribution in [1.82, 2.24) is 0 Å². The fourth-order valence-electron chi connectivity index (χ4n) is 2.36. The number of carbonyl (C=O) groups is 2. The van der Waals surface area contributed by atoms with Gasteiger partial charge in [0.25, 0.3) is 5.91 Å². The number of anilines is 1. The predicted molar refractivity (Wildman–Crippen MR) is 110 cm³/mol. The Hall–Kier alpha value is -2.15. The van der Waals surface area contributed by atoms with Gasteiger partial charge in [-0.25, -0.2) is 4.79 Å². The maximum atomic E-state index is 12.7. The van der Waals surface area contributed by atoms with Gasteiger partial charge in [0.1, 0.15) is 0 Å². The number of thioether (sulfide) groups is 1. The van der Waals surface area contributed by atoms with Gasteiger partial charge in [0.15, 0.2) is 4.32 Å². The predicted octanol–water partition coefficient (Wildman–Crippen LogP) is 4.92. The highest BCUT2D eigenvalue weighted by atomic mass is 35.5. The molecule has 1 saturated heterocycles. The van der Waals surface area contributed by atoms with Crippen LogP contribution in [0.4, 0.5) is 5.69 Å². The summed E-state index contributed by atoms with van der Waals surface area (Å²) in [5, 5.41) is 0.636. The minimum Gasteiger partial charge on any atom is -0.462 e. The molecule has 0 unspecified atom stereocenters. The van der Waals surface area contributed by atoms with Crippen LogP contribution in [-0.4, -0.2) is 22.8 Å². The van der Waals surface area contributed by atoms with Crippen LogP contribution in [0, 0.1) is 0 Å². The Morgan fingerprint density at radius 2 is 1.85 bits per heavy atom. The number of amides is 1. The van der Waals surface area contributed by atoms with E-state index in [-0.39, 0.29) is 5.91 Å². The fraction of sp³-hybridized carbons (Fsp3) is 0.105. The van der Waals surface area contributed by atoms with Crippen molar-refractivity contribution in [3.05, 3.63) is 69.6 Å². The number of hydrogen-bond acceptors (Lipinski definition) is 5. The number of ether oxygens (including phenoxy) is 1. The molecule has 0 aromatic heterocycles. The molecular weight excluding hydrogens is 390 g/mol. The molecule has 26 heavy (non-hydrogen) atoms. The van der Waals surface area contributed by atoms with Gasteiger partial charge in [-0.15, -0.1) is 0 Å². The van der Waals surface area contributed by atoms with Crippen molar-refractivity contribution in [2.45, 2.75) is 6.92 Å². The molecule has 7 heteroatoms. The van der Waals surface area contributed by atoms with E-state index in [0.717, 1.165) is 5.56 Å². The van der Waals surface area contributed by atoms with Gasteiger partial charge in [-0.05, 0) is 55.0 Å². The van der Waals surface area contributed by atoms with Crippen LogP contribution >= 0.6 is 35.6 Å². The minimum atomic E-state index is -0.396. The first-order valence-corrected chi connectivity index (χ1v) is 9.40. The summed E-state index contributed by atoms with van der Waals surface area (Å²) >= 11 is 12.5. The third-order valence-corrected chi connectivity index (χ3v) is 5.15. The number of nitrogens with zero attached hydrogens (tertiary/aromatic N) is 1. The van der Waals surface area contributed by atoms with Crippen LogP contribution in [0.25, 0.3) is 6.08 Å². The molecule has 0 spiro atoms. The zero-order valence-electron chi connectivity index (χ0n) is 13.8. The summed E-state index contributed by atoms with van der Waals surface area (Å²) in [4.78, 5) is 26.5. The molecule has 1 heterocycles. The van der Waals surface area contributed by atoms with E-state index in [2.05, 4.69) is 0 Å². The van der Waals surface area contributed by atoms with Crippen molar-refractivity contribution in [2.24, 2.45) is 0 Å². The van der Waals surface area contributed by atoms with Gasteiger partial charge in [0.2, 0.25) is 0 Å². The highest BCUT2D eigenvalue weighted by molar-refractivity contribution is 8.27. The SMILES string of the molecule is CCOC(=O)c1ccc(N2C(=O)/C(=C\c3ccc(Cl)cc3)SC2=S)cc1. The van der Waals surface area contributed by atoms with Crippen molar-refractivity contribution >= 4 is 63.5 Å². The monoisotopic (exact) mass is 403 g/mol. The highest BCUT2D eigenvalue weighted by Crippen LogP contribution is 2.36. The highest BCUT2D eigenvalue weighted by Gasteiger charge is 2.33. The van der Waals surface area contributed by atoms with Crippen molar-refractivity contribution in [3.8, 4) is 0 Å². The van der Waals surface area contributed by atoms with Crippen molar-refractivity contribution in [1.29, 1.82) is 0 Å². The third-order valence-electron chi connectivity index (χ3n) is 3.60. The van der Waals surface area contributed by atoms with Crippen LogP contribution in [0.5, 0.6) is 0 Å². The standard InChI is InChI=1S/C19H14ClNO3S2/c1-2-24-18(23)13-5-9-15(10-6-13)21-17(22)16(26-19(21)25)11-12-3-7-14(20)8-4-12/h3-11H,2H2,1H3/b16-11+. The average Bonchev–Trinajstić information content (AvgIpc) is 2.91. The molecule has 4 nitrogen and oxygen atoms in total. The largest absolute Gasteiger partial charge is 0.462 e. The molecule has 0 atom stereocenters. The Morgan fingerprint density at radius 1 is 1.19 bits per heavy atom. The van der Waals surface area contributed by atoms with E-state index in [0.29, 0.717) is 32.1 Å². The van der Waals surface area contributed by atoms with E-state index in [1.54, 1.807) is 49.4 Å². The molecule has 3 rings (SSSR count). The van der Waals surface area contributed by atoms with Crippen molar-refractivity contribution < 1.29 is 14.3 Å². The number of benzene rings is 2. The molecule has 2 aromatic carbocycles. The van der Waals surface area contributed by atoms with Crippen LogP contribution in [-0.2, 0) is 9.53 Å². The van der Waals surface area contributed by atoms with Gasteiger partial charge in [-0.2, -0.15) is 0 Å². The van der Waals surface area contributed by atoms with Gasteiger partial charge in [0.05, 0.1) is 22.8 Å². The Balaban J connectivity index is 1.83. The molecule has 0 radical (unpaired) electrons. The molecule has 1 fully saturated rings. The van der Waals surface area contributed by atoms with E-state index in [9.17, 15) is 9.59 Å². The van der Waals surface area contributed by atoms with Crippen LogP contribution in [0.2, 0.25) is 5.02 Å². The van der Waals surface area contributed by atoms with Gasteiger partial charge in [-0.3, -0.25) is 9.69 Å². The van der Waals surface area contributed by atoms with E-state index < -0.39 is 5.97 Å². The number of carbonyl (C=O) groups excluding carboxylic acids is 2. The van der Waals surface area contributed by atoms with E-state index in [1.165, 1.54) is 16.7 Å². The molecule has 0 saturated carbocycles. The molecule has 132 valence electrons. The first-order valence-electron chi connectivity index (χ1n) is 7.80. The summed E-state index contributed by atoms with van der Waals surface area (Å²) in [7, 11) is 0. The molecule has 0 N–H and O–H groups in total. The summed E-state index contributed by atoms with van der Waals surface area (Å²) in [6.07, 6.45) is 1.78. The number of rotatable bonds is 4. The Bertz CT molecular complexity index is 892. The minimum absolute atomic E-state index is 0.196. The van der Waals surface area contributed by atoms with Gasteiger partial charge < -0.3 is 4.74 Å². The molecule has 2 aromatic rings. The van der Waals surface area contributed by atoms with Gasteiger partial charge in [0, 0.05) is 5.02 Å². The lowest BCUT2D eigenvalue weighted by molar-refractivity contribution is -0.113. The first kappa shape index (κ1) is 18.6. The number of esters is 1. The Morgan fingerprint density at radius 3 is 2.46 bits per heavy atom. The molecule has 1 amide bonds.